The van der Waals surface area contributed by atoms with Gasteiger partial charge in [-0.05, 0) is 58.0 Å². The van der Waals surface area contributed by atoms with Crippen LogP contribution in [0.1, 0.15) is 32.3 Å². The maximum atomic E-state index is 12.9. The molecule has 24 heavy (non-hydrogen) atoms. The highest BCUT2D eigenvalue weighted by atomic mass is 127. The van der Waals surface area contributed by atoms with E-state index in [-0.39, 0.29) is 29.8 Å². The summed E-state index contributed by atoms with van der Waals surface area (Å²) in [6, 6.07) is 7.19. The molecule has 1 aromatic carbocycles. The number of nitrogens with one attached hydrogen (secondary N) is 1. The summed E-state index contributed by atoms with van der Waals surface area (Å²) in [5.41, 5.74) is 1.07. The van der Waals surface area contributed by atoms with Crippen molar-refractivity contribution in [1.82, 2.24) is 15.1 Å². The van der Waals surface area contributed by atoms with Crippen LogP contribution in [0, 0.1) is 5.82 Å². The second-order valence-electron chi connectivity index (χ2n) is 6.24. The fourth-order valence-corrected chi connectivity index (χ4v) is 2.27. The van der Waals surface area contributed by atoms with Crippen molar-refractivity contribution in [2.75, 3.05) is 34.2 Å². The highest BCUT2D eigenvalue weighted by Gasteiger charge is 2.07. The van der Waals surface area contributed by atoms with Crippen LogP contribution < -0.4 is 5.32 Å². The number of unbranched alkanes of at least 4 members (excludes halogenated alkanes) is 1. The van der Waals surface area contributed by atoms with Crippen LogP contribution in [0.2, 0.25) is 0 Å². The van der Waals surface area contributed by atoms with Gasteiger partial charge < -0.3 is 15.1 Å². The molecular weight excluding hydrogens is 418 g/mol. The number of rotatable bonds is 8. The summed E-state index contributed by atoms with van der Waals surface area (Å²) >= 11 is 0. The van der Waals surface area contributed by atoms with E-state index >= 15 is 0 Å². The number of guanidine groups is 1. The Balaban J connectivity index is 0.00000529. The molecule has 1 rings (SSSR count). The van der Waals surface area contributed by atoms with Gasteiger partial charge in [0.2, 0.25) is 0 Å². The van der Waals surface area contributed by atoms with E-state index in [0.29, 0.717) is 12.6 Å². The van der Waals surface area contributed by atoms with Crippen LogP contribution in [-0.2, 0) is 6.54 Å². The molecule has 0 aromatic heterocycles. The fourth-order valence-electron chi connectivity index (χ4n) is 2.27. The number of nitrogens with zero attached hydrogens (tertiary/aromatic N) is 3. The van der Waals surface area contributed by atoms with Gasteiger partial charge in [-0.2, -0.15) is 0 Å². The van der Waals surface area contributed by atoms with Crippen LogP contribution in [0.4, 0.5) is 4.39 Å². The van der Waals surface area contributed by atoms with E-state index in [2.05, 4.69) is 36.1 Å². The molecule has 0 aliphatic heterocycles. The molecule has 0 aliphatic carbocycles. The molecule has 0 atom stereocenters. The normalized spacial score (nSPS) is 11.6. The molecule has 4 nitrogen and oxygen atoms in total. The maximum absolute atomic E-state index is 12.9. The number of hydrogen-bond acceptors (Lipinski definition) is 2. The summed E-state index contributed by atoms with van der Waals surface area (Å²) in [7, 11) is 5.94. The van der Waals surface area contributed by atoms with Gasteiger partial charge in [0.25, 0.3) is 0 Å². The summed E-state index contributed by atoms with van der Waals surface area (Å²) in [6.07, 6.45) is 2.28. The molecule has 138 valence electrons. The molecular formula is C18H32FIN4. The molecule has 0 spiro atoms. The Labute approximate surface area is 163 Å². The monoisotopic (exact) mass is 450 g/mol. The zero-order chi connectivity index (χ0) is 17.2. The summed E-state index contributed by atoms with van der Waals surface area (Å²) in [5, 5.41) is 3.39. The lowest BCUT2D eigenvalue weighted by atomic mass is 10.2. The molecule has 0 aliphatic rings. The van der Waals surface area contributed by atoms with E-state index in [0.717, 1.165) is 31.0 Å². The van der Waals surface area contributed by atoms with Crippen LogP contribution in [0.3, 0.4) is 0 Å². The Bertz CT molecular complexity index is 476. The van der Waals surface area contributed by atoms with Crippen molar-refractivity contribution < 1.29 is 4.39 Å². The molecule has 0 heterocycles. The zero-order valence-electron chi connectivity index (χ0n) is 15.6. The van der Waals surface area contributed by atoms with Crippen LogP contribution in [0.15, 0.2) is 29.3 Å². The molecule has 6 heteroatoms. The Morgan fingerprint density at radius 3 is 2.33 bits per heavy atom. The van der Waals surface area contributed by atoms with Gasteiger partial charge in [0.1, 0.15) is 5.82 Å². The standard InChI is InChI=1S/C18H31FN4.HI/c1-15(2)22(4)13-7-6-12-21-18(20-3)23(5)14-16-8-10-17(19)11-9-16;/h8-11,15H,6-7,12-14H2,1-5H3,(H,20,21);1H. The first-order chi connectivity index (χ1) is 10.9. The topological polar surface area (TPSA) is 30.9 Å². The van der Waals surface area contributed by atoms with Gasteiger partial charge in [-0.1, -0.05) is 12.1 Å². The second kappa shape index (κ2) is 12.5. The minimum atomic E-state index is -0.203. The van der Waals surface area contributed by atoms with E-state index < -0.39 is 0 Å². The van der Waals surface area contributed by atoms with Crippen molar-refractivity contribution in [2.24, 2.45) is 4.99 Å². The van der Waals surface area contributed by atoms with E-state index in [1.54, 1.807) is 19.2 Å². The Hall–Kier alpha value is -0.890. The molecule has 0 radical (unpaired) electrons. The fraction of sp³-hybridized carbons (Fsp3) is 0.611. The van der Waals surface area contributed by atoms with E-state index in [4.69, 9.17) is 0 Å². The van der Waals surface area contributed by atoms with Gasteiger partial charge in [0.15, 0.2) is 5.96 Å². The summed E-state index contributed by atoms with van der Waals surface area (Å²) in [4.78, 5) is 8.72. The molecule has 0 saturated heterocycles. The highest BCUT2D eigenvalue weighted by molar-refractivity contribution is 14.0. The van der Waals surface area contributed by atoms with Crippen LogP contribution in [0.5, 0.6) is 0 Å². The van der Waals surface area contributed by atoms with Crippen molar-refractivity contribution in [3.8, 4) is 0 Å². The summed E-state index contributed by atoms with van der Waals surface area (Å²) in [5.74, 6) is 0.664. The van der Waals surface area contributed by atoms with Crippen LogP contribution in [-0.4, -0.2) is 56.0 Å². The minimum absolute atomic E-state index is 0. The summed E-state index contributed by atoms with van der Waals surface area (Å²) < 4.78 is 12.9. The van der Waals surface area contributed by atoms with E-state index in [1.807, 2.05) is 11.9 Å². The molecule has 0 amide bonds. The molecule has 0 saturated carbocycles. The average Bonchev–Trinajstić information content (AvgIpc) is 2.52. The van der Waals surface area contributed by atoms with Crippen molar-refractivity contribution in [3.63, 3.8) is 0 Å². The Kier molecular flexibility index (Phi) is 12.0. The van der Waals surface area contributed by atoms with Crippen LogP contribution >= 0.6 is 24.0 Å². The quantitative estimate of drug-likeness (QED) is 0.284. The lowest BCUT2D eigenvalue weighted by molar-refractivity contribution is 0.268. The number of halogens is 2. The highest BCUT2D eigenvalue weighted by Crippen LogP contribution is 2.05. The zero-order valence-corrected chi connectivity index (χ0v) is 17.9. The minimum Gasteiger partial charge on any atom is -0.356 e. The summed E-state index contributed by atoms with van der Waals surface area (Å²) in [6.45, 7) is 7.15. The first-order valence-corrected chi connectivity index (χ1v) is 8.30. The SMILES string of the molecule is CN=C(NCCCCN(C)C(C)C)N(C)Cc1ccc(F)cc1.I. The Morgan fingerprint density at radius 1 is 1.17 bits per heavy atom. The molecule has 0 bridgehead atoms. The number of benzene rings is 1. The predicted molar refractivity (Wildman–Crippen MR) is 112 cm³/mol. The third kappa shape index (κ3) is 8.82. The van der Waals surface area contributed by atoms with Gasteiger partial charge in [-0.25, -0.2) is 4.39 Å². The molecule has 1 N–H and O–H groups in total. The largest absolute Gasteiger partial charge is 0.356 e. The lowest BCUT2D eigenvalue weighted by Gasteiger charge is -2.23. The molecule has 1 aromatic rings. The van der Waals surface area contributed by atoms with E-state index in [1.165, 1.54) is 18.6 Å². The number of hydrogen-bond donors (Lipinski definition) is 1. The first-order valence-electron chi connectivity index (χ1n) is 8.30. The van der Waals surface area contributed by atoms with Crippen molar-refractivity contribution in [1.29, 1.82) is 0 Å². The number of aliphatic imine (C=N–C) groups is 1. The maximum Gasteiger partial charge on any atom is 0.193 e. The van der Waals surface area contributed by atoms with Gasteiger partial charge >= 0.3 is 0 Å². The van der Waals surface area contributed by atoms with E-state index in [9.17, 15) is 4.39 Å². The third-order valence-corrected chi connectivity index (χ3v) is 4.01. The van der Waals surface area contributed by atoms with Crippen molar-refractivity contribution in [3.05, 3.63) is 35.6 Å². The van der Waals surface area contributed by atoms with Gasteiger partial charge in [-0.15, -0.1) is 24.0 Å². The van der Waals surface area contributed by atoms with Gasteiger partial charge in [0.05, 0.1) is 0 Å². The molecule has 0 fully saturated rings. The first kappa shape index (κ1) is 23.1. The Morgan fingerprint density at radius 2 is 1.79 bits per heavy atom. The molecule has 0 unspecified atom stereocenters. The van der Waals surface area contributed by atoms with Crippen LogP contribution in [0.25, 0.3) is 0 Å². The average molecular weight is 450 g/mol. The third-order valence-electron chi connectivity index (χ3n) is 4.01. The van der Waals surface area contributed by atoms with Crippen molar-refractivity contribution in [2.45, 2.75) is 39.3 Å². The van der Waals surface area contributed by atoms with Gasteiger partial charge in [-0.3, -0.25) is 4.99 Å². The smallest absolute Gasteiger partial charge is 0.193 e. The second-order valence-corrected chi connectivity index (χ2v) is 6.24. The van der Waals surface area contributed by atoms with Gasteiger partial charge in [0, 0.05) is 33.2 Å². The predicted octanol–water partition coefficient (Wildman–Crippen LogP) is 3.57. The lowest BCUT2D eigenvalue weighted by Crippen LogP contribution is -2.39. The van der Waals surface area contributed by atoms with Crippen molar-refractivity contribution >= 4 is 29.9 Å².